The highest BCUT2D eigenvalue weighted by molar-refractivity contribution is 14.1. The van der Waals surface area contributed by atoms with Crippen LogP contribution >= 0.6 is 22.6 Å². The summed E-state index contributed by atoms with van der Waals surface area (Å²) in [6, 6.07) is 3.80. The highest BCUT2D eigenvalue weighted by Gasteiger charge is 2.57. The van der Waals surface area contributed by atoms with Crippen LogP contribution in [0.5, 0.6) is 5.75 Å². The lowest BCUT2D eigenvalue weighted by molar-refractivity contribution is -0.131. The van der Waals surface area contributed by atoms with Gasteiger partial charge in [0.1, 0.15) is 17.7 Å². The van der Waals surface area contributed by atoms with Crippen LogP contribution in [0.4, 0.5) is 4.39 Å². The minimum Gasteiger partial charge on any atom is -0.508 e. The van der Waals surface area contributed by atoms with Crippen LogP contribution in [-0.2, 0) is 17.6 Å². The maximum Gasteiger partial charge on any atom is 0.141 e. The molecule has 3 aliphatic carbocycles. The minimum absolute atomic E-state index is 0.00701. The average molecular weight is 484 g/mol. The van der Waals surface area contributed by atoms with Crippen molar-refractivity contribution in [1.29, 1.82) is 0 Å². The molecule has 1 N–H and O–H groups in total. The second kappa shape index (κ2) is 7.64. The lowest BCUT2D eigenvalue weighted by Gasteiger charge is -2.49. The van der Waals surface area contributed by atoms with Crippen LogP contribution in [0, 0.1) is 17.3 Å². The first-order valence-electron chi connectivity index (χ1n) is 10.5. The maximum atomic E-state index is 15.4. The van der Waals surface area contributed by atoms with E-state index in [1.165, 1.54) is 6.42 Å². The summed E-state index contributed by atoms with van der Waals surface area (Å²) in [4.78, 5) is 13.0. The maximum absolute atomic E-state index is 15.4. The summed E-state index contributed by atoms with van der Waals surface area (Å²) in [5, 5.41) is 10.5. The van der Waals surface area contributed by atoms with E-state index >= 15 is 4.39 Å². The first-order chi connectivity index (χ1) is 12.9. The summed E-state index contributed by atoms with van der Waals surface area (Å²) >= 11 is 2.39. The van der Waals surface area contributed by atoms with Crippen molar-refractivity contribution < 1.29 is 14.3 Å². The smallest absolute Gasteiger partial charge is 0.141 e. The standard InChI is InChI=1S/C23H30FIO2/c1-23-8-5-7-17(23)22-20(27)12-15-11-19(26)14(6-3-2-4-9-25)10-16(15)21(22)18(24)13-23/h10-11,17-18,21-22,26H,2-9,12-13H2,1H3/t17-,18-,21-,22+,23-/m0/s1. The van der Waals surface area contributed by atoms with E-state index in [9.17, 15) is 9.90 Å². The van der Waals surface area contributed by atoms with Crippen LogP contribution in [0.3, 0.4) is 0 Å². The van der Waals surface area contributed by atoms with Crippen molar-refractivity contribution in [2.24, 2.45) is 17.3 Å². The molecular weight excluding hydrogens is 454 g/mol. The van der Waals surface area contributed by atoms with Crippen molar-refractivity contribution in [2.45, 2.75) is 76.8 Å². The molecule has 27 heavy (non-hydrogen) atoms. The fourth-order valence-electron chi connectivity index (χ4n) is 6.24. The largest absolute Gasteiger partial charge is 0.508 e. The molecule has 1 aromatic rings. The van der Waals surface area contributed by atoms with Gasteiger partial charge < -0.3 is 5.11 Å². The van der Waals surface area contributed by atoms with E-state index in [0.717, 1.165) is 59.6 Å². The third-order valence-electron chi connectivity index (χ3n) is 7.55. The molecule has 0 radical (unpaired) electrons. The van der Waals surface area contributed by atoms with Gasteiger partial charge in [0.25, 0.3) is 0 Å². The average Bonchev–Trinajstić information content (AvgIpc) is 3.00. The van der Waals surface area contributed by atoms with Crippen molar-refractivity contribution in [2.75, 3.05) is 4.43 Å². The summed E-state index contributed by atoms with van der Waals surface area (Å²) in [6.07, 6.45) is 7.44. The number of hydrogen-bond donors (Lipinski definition) is 1. The van der Waals surface area contributed by atoms with Gasteiger partial charge in [0, 0.05) is 18.3 Å². The van der Waals surface area contributed by atoms with Gasteiger partial charge in [-0.1, -0.05) is 48.4 Å². The van der Waals surface area contributed by atoms with Gasteiger partial charge in [-0.05, 0) is 77.0 Å². The second-order valence-corrected chi connectivity index (χ2v) is 10.3. The van der Waals surface area contributed by atoms with Gasteiger partial charge in [0.05, 0.1) is 0 Å². The number of Topliss-reactive ketones (excluding diaryl/α,β-unsaturated/α-hetero) is 1. The molecule has 148 valence electrons. The molecule has 0 aliphatic heterocycles. The molecule has 0 saturated heterocycles. The summed E-state index contributed by atoms with van der Waals surface area (Å²) in [5.41, 5.74) is 2.80. The highest BCUT2D eigenvalue weighted by atomic mass is 127. The predicted octanol–water partition coefficient (Wildman–Crippen LogP) is 5.91. The summed E-state index contributed by atoms with van der Waals surface area (Å²) in [7, 11) is 0. The molecule has 0 unspecified atom stereocenters. The number of carbonyl (C=O) groups excluding carboxylic acids is 1. The van der Waals surface area contributed by atoms with Crippen molar-refractivity contribution in [3.05, 3.63) is 28.8 Å². The number of ketones is 1. The Balaban J connectivity index is 1.67. The number of aromatic hydroxyl groups is 1. The van der Waals surface area contributed by atoms with E-state index in [-0.39, 0.29) is 28.8 Å². The molecule has 0 bridgehead atoms. The Labute approximate surface area is 175 Å². The summed E-state index contributed by atoms with van der Waals surface area (Å²) < 4.78 is 16.6. The Hall–Kier alpha value is -0.650. The molecular formula is C23H30FIO2. The number of aryl methyl sites for hydroxylation is 1. The topological polar surface area (TPSA) is 37.3 Å². The van der Waals surface area contributed by atoms with E-state index in [2.05, 4.69) is 29.5 Å². The van der Waals surface area contributed by atoms with E-state index < -0.39 is 6.17 Å². The van der Waals surface area contributed by atoms with Gasteiger partial charge in [0.2, 0.25) is 0 Å². The Morgan fingerprint density at radius 1 is 1.26 bits per heavy atom. The van der Waals surface area contributed by atoms with Crippen molar-refractivity contribution >= 4 is 28.4 Å². The Bertz CT molecular complexity index is 733. The van der Waals surface area contributed by atoms with E-state index in [4.69, 9.17) is 0 Å². The zero-order chi connectivity index (χ0) is 19.2. The van der Waals surface area contributed by atoms with Crippen LogP contribution in [-0.4, -0.2) is 21.5 Å². The van der Waals surface area contributed by atoms with Crippen LogP contribution in [0.2, 0.25) is 0 Å². The van der Waals surface area contributed by atoms with Crippen LogP contribution in [0.25, 0.3) is 0 Å². The third-order valence-corrected chi connectivity index (χ3v) is 8.31. The molecule has 2 fully saturated rings. The lowest BCUT2D eigenvalue weighted by Crippen LogP contribution is -2.49. The van der Waals surface area contributed by atoms with Gasteiger partial charge in [-0.25, -0.2) is 4.39 Å². The van der Waals surface area contributed by atoms with E-state index in [1.54, 1.807) is 6.07 Å². The van der Waals surface area contributed by atoms with E-state index in [1.807, 2.05) is 6.07 Å². The normalized spacial score (nSPS) is 34.9. The third kappa shape index (κ3) is 3.44. The molecule has 2 saturated carbocycles. The molecule has 0 aromatic heterocycles. The Morgan fingerprint density at radius 2 is 2.07 bits per heavy atom. The minimum atomic E-state index is -0.950. The molecule has 2 nitrogen and oxygen atoms in total. The van der Waals surface area contributed by atoms with Gasteiger partial charge in [0.15, 0.2) is 0 Å². The number of halogens is 2. The molecule has 0 amide bonds. The Kier molecular flexibility index (Phi) is 5.56. The predicted molar refractivity (Wildman–Crippen MR) is 114 cm³/mol. The number of rotatable bonds is 5. The fraction of sp³-hybridized carbons (Fsp3) is 0.696. The highest BCUT2D eigenvalue weighted by Crippen LogP contribution is 2.61. The molecule has 5 atom stereocenters. The summed E-state index contributed by atoms with van der Waals surface area (Å²) in [6.45, 7) is 2.20. The molecule has 0 heterocycles. The number of carbonyl (C=O) groups is 1. The molecule has 3 aliphatic rings. The SMILES string of the molecule is C[C@@]12CCC[C@H]1[C@@H]1C(=O)Cc3cc(O)c(CCCCCI)cc3[C@H]1[C@@H](F)C2. The quantitative estimate of drug-likeness (QED) is 0.321. The van der Waals surface area contributed by atoms with Gasteiger partial charge in [-0.2, -0.15) is 0 Å². The molecule has 0 spiro atoms. The number of benzene rings is 1. The van der Waals surface area contributed by atoms with Gasteiger partial charge >= 0.3 is 0 Å². The number of phenolic OH excluding ortho intramolecular Hbond substituents is 1. The van der Waals surface area contributed by atoms with Crippen LogP contribution < -0.4 is 0 Å². The number of alkyl halides is 2. The molecule has 4 heteroatoms. The zero-order valence-electron chi connectivity index (χ0n) is 16.1. The fourth-order valence-corrected chi connectivity index (χ4v) is 6.78. The van der Waals surface area contributed by atoms with Crippen LogP contribution in [0.15, 0.2) is 12.1 Å². The van der Waals surface area contributed by atoms with Gasteiger partial charge in [-0.3, -0.25) is 4.79 Å². The van der Waals surface area contributed by atoms with Gasteiger partial charge in [-0.15, -0.1) is 0 Å². The van der Waals surface area contributed by atoms with Crippen molar-refractivity contribution in [3.8, 4) is 5.75 Å². The number of phenols is 1. The first-order valence-corrected chi connectivity index (χ1v) is 12.0. The molecule has 4 rings (SSSR count). The zero-order valence-corrected chi connectivity index (χ0v) is 18.3. The van der Waals surface area contributed by atoms with Crippen LogP contribution in [0.1, 0.15) is 74.5 Å². The summed E-state index contributed by atoms with van der Waals surface area (Å²) in [5.74, 6) is 0.348. The Morgan fingerprint density at radius 3 is 2.85 bits per heavy atom. The number of hydrogen-bond acceptors (Lipinski definition) is 2. The lowest BCUT2D eigenvalue weighted by atomic mass is 9.54. The van der Waals surface area contributed by atoms with E-state index in [0.29, 0.717) is 18.8 Å². The molecule has 1 aromatic carbocycles. The number of unbranched alkanes of at least 4 members (excludes halogenated alkanes) is 2. The monoisotopic (exact) mass is 484 g/mol. The van der Waals surface area contributed by atoms with Crippen molar-refractivity contribution in [1.82, 2.24) is 0 Å². The second-order valence-electron chi connectivity index (χ2n) is 9.25. The first kappa shape index (κ1) is 19.7. The van der Waals surface area contributed by atoms with Crippen molar-refractivity contribution in [3.63, 3.8) is 0 Å². The number of fused-ring (bicyclic) bond motifs is 5.